The second-order valence-corrected chi connectivity index (χ2v) is 6.50. The Morgan fingerprint density at radius 3 is 2.56 bits per heavy atom. The number of nitrogens with one attached hydrogen (secondary N) is 1. The summed E-state index contributed by atoms with van der Waals surface area (Å²) < 4.78 is 10.7. The molecule has 1 N–H and O–H groups in total. The smallest absolute Gasteiger partial charge is 0.230 e. The number of methoxy groups -OCH3 is 2. The molecule has 2 aromatic rings. The molecule has 1 amide bonds. The molecule has 5 nitrogen and oxygen atoms in total. The van der Waals surface area contributed by atoms with E-state index in [1.165, 1.54) is 0 Å². The molecule has 0 radical (unpaired) electrons. The summed E-state index contributed by atoms with van der Waals surface area (Å²) in [6, 6.07) is 13.9. The Kier molecular flexibility index (Phi) is 5.89. The number of ether oxygens (including phenoxy) is 2. The lowest BCUT2D eigenvalue weighted by atomic mass is 10.1. The predicted octanol–water partition coefficient (Wildman–Crippen LogP) is 4.29. The third-order valence-corrected chi connectivity index (χ3v) is 5.06. The molecule has 1 saturated carbocycles. The molecule has 0 bridgehead atoms. The van der Waals surface area contributed by atoms with Gasteiger partial charge in [-0.3, -0.25) is 4.79 Å². The summed E-state index contributed by atoms with van der Waals surface area (Å²) in [5.74, 6) is 1.95. The van der Waals surface area contributed by atoms with Gasteiger partial charge in [-0.15, -0.1) is 0 Å². The van der Waals surface area contributed by atoms with Crippen LogP contribution in [0.15, 0.2) is 42.5 Å². The Morgan fingerprint density at radius 1 is 1.07 bits per heavy atom. The van der Waals surface area contributed by atoms with Crippen molar-refractivity contribution in [2.45, 2.75) is 26.2 Å². The third-order valence-electron chi connectivity index (χ3n) is 5.06. The topological polar surface area (TPSA) is 50.8 Å². The summed E-state index contributed by atoms with van der Waals surface area (Å²) in [4.78, 5) is 15.0. The molecule has 1 fully saturated rings. The van der Waals surface area contributed by atoms with E-state index in [1.54, 1.807) is 14.2 Å². The normalized spacial score (nSPS) is 19.8. The molecule has 2 aromatic carbocycles. The van der Waals surface area contributed by atoms with E-state index in [9.17, 15) is 4.79 Å². The molecule has 2 atom stereocenters. The van der Waals surface area contributed by atoms with Crippen LogP contribution >= 0.6 is 0 Å². The lowest BCUT2D eigenvalue weighted by Gasteiger charge is -2.30. The fraction of sp³-hybridized carbons (Fsp3) is 0.409. The van der Waals surface area contributed by atoms with E-state index in [-0.39, 0.29) is 17.7 Å². The summed E-state index contributed by atoms with van der Waals surface area (Å²) in [6.07, 6.45) is 0.889. The zero-order chi connectivity index (χ0) is 19.4. The first-order valence-electron chi connectivity index (χ1n) is 9.59. The highest BCUT2D eigenvalue weighted by Crippen LogP contribution is 2.50. The number of nitrogens with zero attached hydrogens (tertiary/aromatic N) is 1. The Morgan fingerprint density at radius 2 is 1.81 bits per heavy atom. The summed E-state index contributed by atoms with van der Waals surface area (Å²) in [5.41, 5.74) is 3.15. The Hall–Kier alpha value is -2.69. The van der Waals surface area contributed by atoms with Crippen LogP contribution in [-0.2, 0) is 4.79 Å². The number of rotatable bonds is 4. The van der Waals surface area contributed by atoms with Crippen LogP contribution in [0.1, 0.15) is 31.7 Å². The molecular formula is C22H28N2O3. The number of amides is 1. The summed E-state index contributed by atoms with van der Waals surface area (Å²) in [7, 11) is 3.26. The number of hydrogen-bond acceptors (Lipinski definition) is 4. The standard InChI is InChI=1S/C20H22N2O3.C2H6/c1-24-18-8-7-13(11-19(18)25-2)14-12-15(14)20(23)22-10-9-21-16-5-3-4-6-17(16)22;1-2/h3-8,11,14-15,21H,9-10,12H2,1-2H3;1-2H3. The number of fused-ring (bicyclic) bond motifs is 1. The van der Waals surface area contributed by atoms with E-state index in [1.807, 2.05) is 61.2 Å². The molecule has 0 spiro atoms. The molecule has 1 aliphatic carbocycles. The van der Waals surface area contributed by atoms with Crippen LogP contribution in [0.2, 0.25) is 0 Å². The maximum atomic E-state index is 13.0. The highest BCUT2D eigenvalue weighted by molar-refractivity contribution is 6.00. The van der Waals surface area contributed by atoms with Gasteiger partial charge in [0, 0.05) is 19.0 Å². The van der Waals surface area contributed by atoms with E-state index in [0.29, 0.717) is 18.0 Å². The van der Waals surface area contributed by atoms with Crippen molar-refractivity contribution in [3.63, 3.8) is 0 Å². The van der Waals surface area contributed by atoms with Crippen LogP contribution in [-0.4, -0.2) is 33.2 Å². The predicted molar refractivity (Wildman–Crippen MR) is 109 cm³/mol. The van der Waals surface area contributed by atoms with Crippen LogP contribution in [0.3, 0.4) is 0 Å². The number of hydrogen-bond donors (Lipinski definition) is 1. The van der Waals surface area contributed by atoms with E-state index in [0.717, 1.165) is 29.9 Å². The molecule has 144 valence electrons. The fourth-order valence-corrected chi connectivity index (χ4v) is 3.63. The average Bonchev–Trinajstić information content (AvgIpc) is 3.54. The zero-order valence-electron chi connectivity index (χ0n) is 16.5. The quantitative estimate of drug-likeness (QED) is 0.875. The Bertz CT molecular complexity index is 806. The van der Waals surface area contributed by atoms with Crippen molar-refractivity contribution >= 4 is 17.3 Å². The lowest BCUT2D eigenvalue weighted by molar-refractivity contribution is -0.119. The van der Waals surface area contributed by atoms with Gasteiger partial charge >= 0.3 is 0 Å². The van der Waals surface area contributed by atoms with Crippen molar-refractivity contribution in [1.29, 1.82) is 0 Å². The lowest BCUT2D eigenvalue weighted by Crippen LogP contribution is -2.40. The minimum absolute atomic E-state index is 0.0456. The van der Waals surface area contributed by atoms with Crippen molar-refractivity contribution in [2.75, 3.05) is 37.5 Å². The average molecular weight is 368 g/mol. The third kappa shape index (κ3) is 3.72. The first kappa shape index (κ1) is 19.1. The Labute approximate surface area is 161 Å². The first-order valence-corrected chi connectivity index (χ1v) is 9.59. The molecule has 1 heterocycles. The van der Waals surface area contributed by atoms with E-state index < -0.39 is 0 Å². The van der Waals surface area contributed by atoms with Crippen molar-refractivity contribution in [3.05, 3.63) is 48.0 Å². The fourth-order valence-electron chi connectivity index (χ4n) is 3.63. The number of anilines is 2. The number of carbonyl (C=O) groups excluding carboxylic acids is 1. The van der Waals surface area contributed by atoms with Crippen molar-refractivity contribution in [2.24, 2.45) is 5.92 Å². The van der Waals surface area contributed by atoms with Gasteiger partial charge < -0.3 is 19.7 Å². The molecule has 5 heteroatoms. The van der Waals surface area contributed by atoms with Gasteiger partial charge in [0.2, 0.25) is 5.91 Å². The van der Waals surface area contributed by atoms with E-state index in [2.05, 4.69) is 5.32 Å². The van der Waals surface area contributed by atoms with Crippen molar-refractivity contribution in [3.8, 4) is 11.5 Å². The van der Waals surface area contributed by atoms with Gasteiger partial charge in [0.15, 0.2) is 11.5 Å². The van der Waals surface area contributed by atoms with Gasteiger partial charge in [-0.25, -0.2) is 0 Å². The molecule has 1 aliphatic heterocycles. The molecule has 27 heavy (non-hydrogen) atoms. The molecular weight excluding hydrogens is 340 g/mol. The molecule has 4 rings (SSSR count). The number of benzene rings is 2. The summed E-state index contributed by atoms with van der Waals surface area (Å²) >= 11 is 0. The maximum Gasteiger partial charge on any atom is 0.230 e. The Balaban J connectivity index is 0.00000102. The van der Waals surface area contributed by atoms with Gasteiger partial charge in [0.25, 0.3) is 0 Å². The monoisotopic (exact) mass is 368 g/mol. The van der Waals surface area contributed by atoms with Crippen LogP contribution in [0.4, 0.5) is 11.4 Å². The highest BCUT2D eigenvalue weighted by atomic mass is 16.5. The van der Waals surface area contributed by atoms with Crippen molar-refractivity contribution < 1.29 is 14.3 Å². The molecule has 0 aromatic heterocycles. The van der Waals surface area contributed by atoms with Gasteiger partial charge in [0.1, 0.15) is 0 Å². The van der Waals surface area contributed by atoms with Gasteiger partial charge in [0.05, 0.1) is 25.6 Å². The second kappa shape index (κ2) is 8.33. The summed E-state index contributed by atoms with van der Waals surface area (Å²) in [5, 5.41) is 3.35. The van der Waals surface area contributed by atoms with Gasteiger partial charge in [-0.2, -0.15) is 0 Å². The van der Waals surface area contributed by atoms with E-state index >= 15 is 0 Å². The zero-order valence-corrected chi connectivity index (χ0v) is 16.5. The minimum Gasteiger partial charge on any atom is -0.493 e. The van der Waals surface area contributed by atoms with Gasteiger partial charge in [-0.05, 0) is 42.2 Å². The van der Waals surface area contributed by atoms with Gasteiger partial charge in [-0.1, -0.05) is 32.0 Å². The maximum absolute atomic E-state index is 13.0. The van der Waals surface area contributed by atoms with Crippen LogP contribution in [0.25, 0.3) is 0 Å². The molecule has 2 unspecified atom stereocenters. The molecule has 2 aliphatic rings. The van der Waals surface area contributed by atoms with Crippen LogP contribution < -0.4 is 19.7 Å². The van der Waals surface area contributed by atoms with E-state index in [4.69, 9.17) is 9.47 Å². The minimum atomic E-state index is 0.0456. The first-order chi connectivity index (χ1) is 13.2. The number of para-hydroxylation sites is 2. The largest absolute Gasteiger partial charge is 0.493 e. The SMILES string of the molecule is CC.COc1ccc(C2CC2C(=O)N2CCNc3ccccc32)cc1OC. The van der Waals surface area contributed by atoms with Crippen LogP contribution in [0.5, 0.6) is 11.5 Å². The molecule has 0 saturated heterocycles. The van der Waals surface area contributed by atoms with Crippen LogP contribution in [0, 0.1) is 5.92 Å². The number of carbonyl (C=O) groups is 1. The van der Waals surface area contributed by atoms with Crippen molar-refractivity contribution in [1.82, 2.24) is 0 Å². The summed E-state index contributed by atoms with van der Waals surface area (Å²) in [6.45, 7) is 5.50. The highest BCUT2D eigenvalue weighted by Gasteiger charge is 2.46. The second-order valence-electron chi connectivity index (χ2n) is 6.50.